The van der Waals surface area contributed by atoms with Crippen LogP contribution in [0.3, 0.4) is 0 Å². The molecule has 0 unspecified atom stereocenters. The van der Waals surface area contributed by atoms with Gasteiger partial charge < -0.3 is 4.74 Å². The van der Waals surface area contributed by atoms with Gasteiger partial charge in [-0.3, -0.25) is 4.79 Å². The molecular formula is C16H25NO4S. The quantitative estimate of drug-likeness (QED) is 0.671. The molecule has 0 aliphatic carbocycles. The maximum Gasteiger partial charge on any atom is 0.244 e. The van der Waals surface area contributed by atoms with Gasteiger partial charge >= 0.3 is 0 Å². The van der Waals surface area contributed by atoms with E-state index < -0.39 is 10.0 Å². The number of benzene rings is 1. The highest BCUT2D eigenvalue weighted by molar-refractivity contribution is 7.89. The average molecular weight is 327 g/mol. The van der Waals surface area contributed by atoms with Crippen LogP contribution in [-0.2, 0) is 21.2 Å². The van der Waals surface area contributed by atoms with E-state index in [1.54, 1.807) is 12.1 Å². The van der Waals surface area contributed by atoms with Gasteiger partial charge in [0, 0.05) is 13.0 Å². The first-order valence-corrected chi connectivity index (χ1v) is 9.05. The predicted octanol–water partition coefficient (Wildman–Crippen LogP) is 2.69. The topological polar surface area (TPSA) is 72.5 Å². The zero-order valence-electron chi connectivity index (χ0n) is 13.5. The molecule has 0 amide bonds. The van der Waals surface area contributed by atoms with Crippen molar-refractivity contribution in [1.29, 1.82) is 0 Å². The Morgan fingerprint density at radius 2 is 1.95 bits per heavy atom. The molecule has 1 N–H and O–H groups in total. The molecule has 0 aliphatic rings. The molecule has 0 radical (unpaired) electrons. The van der Waals surface area contributed by atoms with Crippen molar-refractivity contribution < 1.29 is 17.9 Å². The standard InChI is InChI=1S/C16H25NO4S/c1-4-5-6-7-10-17-22(19,20)16-12-14(11-13(2)18)8-9-15(16)21-3/h8-9,12,17H,4-7,10-11H2,1-3H3. The number of Topliss-reactive ketones (excluding diaryl/α,β-unsaturated/α-hetero) is 1. The zero-order valence-corrected chi connectivity index (χ0v) is 14.3. The van der Waals surface area contributed by atoms with Crippen LogP contribution in [0.1, 0.15) is 45.1 Å². The molecule has 22 heavy (non-hydrogen) atoms. The number of hydrogen-bond acceptors (Lipinski definition) is 4. The van der Waals surface area contributed by atoms with Gasteiger partial charge in [-0.25, -0.2) is 13.1 Å². The number of carbonyl (C=O) groups excluding carboxylic acids is 1. The first-order valence-electron chi connectivity index (χ1n) is 7.56. The van der Waals surface area contributed by atoms with Gasteiger partial charge in [-0.05, 0) is 31.0 Å². The van der Waals surface area contributed by atoms with Crippen molar-refractivity contribution in [3.63, 3.8) is 0 Å². The molecule has 1 aromatic rings. The van der Waals surface area contributed by atoms with Crippen LogP contribution in [0, 0.1) is 0 Å². The van der Waals surface area contributed by atoms with Crippen LogP contribution in [0.2, 0.25) is 0 Å². The number of methoxy groups -OCH3 is 1. The van der Waals surface area contributed by atoms with Gasteiger partial charge in [0.2, 0.25) is 10.0 Å². The summed E-state index contributed by atoms with van der Waals surface area (Å²) in [7, 11) is -2.20. The molecule has 0 spiro atoms. The average Bonchev–Trinajstić information content (AvgIpc) is 2.46. The number of ether oxygens (including phenoxy) is 1. The van der Waals surface area contributed by atoms with Crippen molar-refractivity contribution in [2.75, 3.05) is 13.7 Å². The summed E-state index contributed by atoms with van der Waals surface area (Å²) in [6.45, 7) is 3.99. The largest absolute Gasteiger partial charge is 0.495 e. The summed E-state index contributed by atoms with van der Waals surface area (Å²) >= 11 is 0. The summed E-state index contributed by atoms with van der Waals surface area (Å²) in [5.74, 6) is 0.273. The van der Waals surface area contributed by atoms with E-state index in [0.29, 0.717) is 12.1 Å². The van der Waals surface area contributed by atoms with Crippen molar-refractivity contribution in [2.45, 2.75) is 50.8 Å². The van der Waals surface area contributed by atoms with E-state index in [4.69, 9.17) is 4.74 Å². The van der Waals surface area contributed by atoms with E-state index in [0.717, 1.165) is 25.7 Å². The fraction of sp³-hybridized carbons (Fsp3) is 0.562. The highest BCUT2D eigenvalue weighted by atomic mass is 32.2. The highest BCUT2D eigenvalue weighted by Gasteiger charge is 2.19. The molecule has 0 heterocycles. The number of nitrogens with one attached hydrogen (secondary N) is 1. The lowest BCUT2D eigenvalue weighted by Crippen LogP contribution is -2.25. The smallest absolute Gasteiger partial charge is 0.244 e. The molecule has 0 bridgehead atoms. The van der Waals surface area contributed by atoms with Gasteiger partial charge in [-0.1, -0.05) is 32.3 Å². The van der Waals surface area contributed by atoms with E-state index in [1.807, 2.05) is 0 Å². The van der Waals surface area contributed by atoms with Crippen LogP contribution in [0.4, 0.5) is 0 Å². The summed E-state index contributed by atoms with van der Waals surface area (Å²) in [5, 5.41) is 0. The first kappa shape index (κ1) is 18.6. The molecule has 1 aromatic carbocycles. The van der Waals surface area contributed by atoms with Gasteiger partial charge in [0.05, 0.1) is 7.11 Å². The lowest BCUT2D eigenvalue weighted by molar-refractivity contribution is -0.116. The van der Waals surface area contributed by atoms with Crippen LogP contribution in [-0.4, -0.2) is 27.9 Å². The molecule has 0 aromatic heterocycles. The summed E-state index contributed by atoms with van der Waals surface area (Å²) in [6, 6.07) is 4.80. The number of hydrogen-bond donors (Lipinski definition) is 1. The summed E-state index contributed by atoms with van der Waals surface area (Å²) in [4.78, 5) is 11.3. The molecule has 0 atom stereocenters. The molecule has 0 fully saturated rings. The third-order valence-electron chi connectivity index (χ3n) is 3.29. The third-order valence-corrected chi connectivity index (χ3v) is 4.78. The van der Waals surface area contributed by atoms with Crippen LogP contribution < -0.4 is 9.46 Å². The van der Waals surface area contributed by atoms with Crippen molar-refractivity contribution in [2.24, 2.45) is 0 Å². The van der Waals surface area contributed by atoms with E-state index in [9.17, 15) is 13.2 Å². The minimum atomic E-state index is -3.63. The second-order valence-corrected chi connectivity index (χ2v) is 7.06. The van der Waals surface area contributed by atoms with Crippen LogP contribution in [0.15, 0.2) is 23.1 Å². The fourth-order valence-electron chi connectivity index (χ4n) is 2.16. The molecule has 0 saturated heterocycles. The zero-order chi connectivity index (χ0) is 16.6. The highest BCUT2D eigenvalue weighted by Crippen LogP contribution is 2.25. The van der Waals surface area contributed by atoms with Gasteiger partial charge in [0.15, 0.2) is 0 Å². The monoisotopic (exact) mass is 327 g/mol. The number of unbranched alkanes of at least 4 members (excludes halogenated alkanes) is 3. The maximum atomic E-state index is 12.4. The Morgan fingerprint density at radius 1 is 1.23 bits per heavy atom. The van der Waals surface area contributed by atoms with Gasteiger partial charge in [-0.2, -0.15) is 0 Å². The molecular weight excluding hydrogens is 302 g/mol. The fourth-order valence-corrected chi connectivity index (χ4v) is 3.46. The number of sulfonamides is 1. The van der Waals surface area contributed by atoms with Crippen LogP contribution in [0.25, 0.3) is 0 Å². The molecule has 0 saturated carbocycles. The van der Waals surface area contributed by atoms with Crippen LogP contribution in [0.5, 0.6) is 5.75 Å². The van der Waals surface area contributed by atoms with Gasteiger partial charge in [-0.15, -0.1) is 0 Å². The Labute approximate surface area is 133 Å². The van der Waals surface area contributed by atoms with E-state index in [2.05, 4.69) is 11.6 Å². The Bertz CT molecular complexity index is 596. The Morgan fingerprint density at radius 3 is 2.55 bits per heavy atom. The van der Waals surface area contributed by atoms with E-state index in [-0.39, 0.29) is 22.8 Å². The SMILES string of the molecule is CCCCCCNS(=O)(=O)c1cc(CC(C)=O)ccc1OC. The summed E-state index contributed by atoms with van der Waals surface area (Å²) in [6.07, 6.45) is 4.22. The van der Waals surface area contributed by atoms with Crippen molar-refractivity contribution in [3.8, 4) is 5.75 Å². The van der Waals surface area contributed by atoms with Crippen molar-refractivity contribution in [3.05, 3.63) is 23.8 Å². The lowest BCUT2D eigenvalue weighted by Gasteiger charge is -2.12. The molecule has 124 valence electrons. The minimum Gasteiger partial charge on any atom is -0.495 e. The number of rotatable bonds is 10. The Balaban J connectivity index is 2.88. The van der Waals surface area contributed by atoms with E-state index >= 15 is 0 Å². The Hall–Kier alpha value is -1.40. The minimum absolute atomic E-state index is 0.0129. The molecule has 1 rings (SSSR count). The summed E-state index contributed by atoms with van der Waals surface area (Å²) < 4.78 is 32.5. The number of ketones is 1. The third kappa shape index (κ3) is 5.77. The predicted molar refractivity (Wildman–Crippen MR) is 86.7 cm³/mol. The van der Waals surface area contributed by atoms with Gasteiger partial charge in [0.1, 0.15) is 16.4 Å². The normalized spacial score (nSPS) is 11.4. The molecule has 5 nitrogen and oxygen atoms in total. The lowest BCUT2D eigenvalue weighted by atomic mass is 10.1. The molecule has 0 aliphatic heterocycles. The Kier molecular flexibility index (Phi) is 7.55. The second kappa shape index (κ2) is 8.90. The first-order chi connectivity index (χ1) is 10.4. The van der Waals surface area contributed by atoms with Crippen molar-refractivity contribution >= 4 is 15.8 Å². The van der Waals surface area contributed by atoms with Crippen molar-refractivity contribution in [1.82, 2.24) is 4.72 Å². The van der Waals surface area contributed by atoms with Crippen LogP contribution >= 0.6 is 0 Å². The second-order valence-electron chi connectivity index (χ2n) is 5.32. The molecule has 6 heteroatoms. The number of carbonyl (C=O) groups is 1. The van der Waals surface area contributed by atoms with Gasteiger partial charge in [0.25, 0.3) is 0 Å². The van der Waals surface area contributed by atoms with E-state index in [1.165, 1.54) is 20.1 Å². The maximum absolute atomic E-state index is 12.4. The summed E-state index contributed by atoms with van der Waals surface area (Å²) in [5.41, 5.74) is 0.666.